The van der Waals surface area contributed by atoms with E-state index in [1.54, 1.807) is 101 Å². The molecule has 0 amide bonds. The van der Waals surface area contributed by atoms with Crippen molar-refractivity contribution in [3.8, 4) is 85.5 Å². The molecule has 117 heavy (non-hydrogen) atoms. The molecular formula is C90H129N9O15Si3. The maximum absolute atomic E-state index is 14.9. The van der Waals surface area contributed by atoms with Gasteiger partial charge in [-0.25, -0.2) is 29.9 Å². The first-order valence-corrected chi connectivity index (χ1v) is 49.2. The van der Waals surface area contributed by atoms with Gasteiger partial charge in [-0.2, -0.15) is 0 Å². The molecule has 0 radical (unpaired) electrons. The van der Waals surface area contributed by atoms with E-state index in [4.69, 9.17) is 71.4 Å². The molecule has 0 atom stereocenters. The number of aliphatic hydroxyl groups excluding tert-OH is 1. The first-order chi connectivity index (χ1) is 55.0. The minimum atomic E-state index is -2.27. The molecule has 0 aliphatic heterocycles. The number of hydrogen-bond donors (Lipinski definition) is 3. The quantitative estimate of drug-likeness (QED) is 0.0335. The second-order valence-electron chi connectivity index (χ2n) is 36.8. The van der Waals surface area contributed by atoms with E-state index in [2.05, 4.69) is 153 Å². The summed E-state index contributed by atoms with van der Waals surface area (Å²) in [6, 6.07) is 11.0. The fourth-order valence-corrected chi connectivity index (χ4v) is 26.7. The maximum Gasteiger partial charge on any atom is 0.203 e. The molecule has 3 saturated carbocycles. The third kappa shape index (κ3) is 18.1. The number of fused-ring (bicyclic) bond motifs is 3. The molecular weight excluding hydrogens is 1530 g/mol. The summed E-state index contributed by atoms with van der Waals surface area (Å²) in [4.78, 5) is 77.5. The van der Waals surface area contributed by atoms with Crippen molar-refractivity contribution in [2.45, 2.75) is 252 Å². The van der Waals surface area contributed by atoms with Crippen LogP contribution in [-0.2, 0) is 8.85 Å². The predicted octanol–water partition coefficient (Wildman–Crippen LogP) is 20.9. The van der Waals surface area contributed by atoms with Crippen LogP contribution >= 0.6 is 0 Å². The van der Waals surface area contributed by atoms with Crippen molar-refractivity contribution in [2.75, 3.05) is 64.0 Å². The Labute approximate surface area is 695 Å². The van der Waals surface area contributed by atoms with Gasteiger partial charge < -0.3 is 70.8 Å². The average molecular weight is 1660 g/mol. The highest BCUT2D eigenvalue weighted by Crippen LogP contribution is 2.52. The van der Waals surface area contributed by atoms with Crippen molar-refractivity contribution in [1.29, 1.82) is 0 Å². The lowest BCUT2D eigenvalue weighted by molar-refractivity contribution is 0.0530. The summed E-state index contributed by atoms with van der Waals surface area (Å²) < 4.78 is 65.5. The largest absolute Gasteiger partial charge is 0.493 e. The number of ether oxygens (including phenoxy) is 9. The first-order valence-electron chi connectivity index (χ1n) is 41.2. The number of nitrogens with one attached hydrogen (secondary N) is 2. The van der Waals surface area contributed by atoms with Gasteiger partial charge in [0, 0.05) is 63.7 Å². The van der Waals surface area contributed by atoms with Crippen molar-refractivity contribution in [3.05, 3.63) is 90.3 Å². The topological polar surface area (TPSA) is 287 Å². The number of aromatic nitrogens is 9. The van der Waals surface area contributed by atoms with Gasteiger partial charge in [0.2, 0.25) is 17.2 Å². The lowest BCUT2D eigenvalue weighted by Crippen LogP contribution is -2.51. The number of methoxy groups -OCH3 is 9. The van der Waals surface area contributed by atoms with Gasteiger partial charge in [-0.15, -0.1) is 0 Å². The molecule has 6 heterocycles. The lowest BCUT2D eigenvalue weighted by Gasteiger charge is -2.44. The maximum atomic E-state index is 14.9. The Hall–Kier alpha value is -8.74. The van der Waals surface area contributed by atoms with Gasteiger partial charge in [0.1, 0.15) is 16.6 Å². The van der Waals surface area contributed by atoms with E-state index in [0.717, 1.165) is 73.7 Å². The number of rotatable bonds is 26. The summed E-state index contributed by atoms with van der Waals surface area (Å²) in [5.41, 5.74) is 9.39. The summed E-state index contributed by atoms with van der Waals surface area (Å²) in [5.74, 6) is 4.96. The summed E-state index contributed by atoms with van der Waals surface area (Å²) in [6.45, 7) is 43.1. The molecule has 3 N–H and O–H groups in total. The van der Waals surface area contributed by atoms with Crippen LogP contribution in [0.4, 0.5) is 0 Å². The van der Waals surface area contributed by atoms with Crippen LogP contribution in [0.15, 0.2) is 73.6 Å². The van der Waals surface area contributed by atoms with Gasteiger partial charge in [0.15, 0.2) is 93.7 Å². The Bertz CT molecular complexity index is 4930. The molecule has 0 saturated heterocycles. The van der Waals surface area contributed by atoms with Crippen molar-refractivity contribution in [1.82, 2.24) is 44.1 Å². The number of carbonyl (C=O) groups is 3. The summed E-state index contributed by atoms with van der Waals surface area (Å²) in [7, 11) is 8.16. The molecule has 9 aromatic rings. The van der Waals surface area contributed by atoms with E-state index in [-0.39, 0.29) is 45.7 Å². The summed E-state index contributed by atoms with van der Waals surface area (Å²) >= 11 is 0. The van der Waals surface area contributed by atoms with Crippen molar-refractivity contribution < 1.29 is 71.0 Å². The third-order valence-corrected chi connectivity index (χ3v) is 42.2. The lowest BCUT2D eigenvalue weighted by atomic mass is 9.70. The molecule has 636 valence electrons. The number of ketones is 3. The molecule has 0 spiro atoms. The Morgan fingerprint density at radius 1 is 0.436 bits per heavy atom. The summed E-state index contributed by atoms with van der Waals surface area (Å²) in [5, 5.41) is 10.2. The second-order valence-corrected chi connectivity index (χ2v) is 52.0. The normalized spacial score (nSPS) is 20.2. The van der Waals surface area contributed by atoms with E-state index < -0.39 is 41.1 Å². The molecule has 3 aliphatic carbocycles. The molecule has 27 heteroatoms. The Kier molecular flexibility index (Phi) is 27.6. The van der Waals surface area contributed by atoms with Crippen LogP contribution < -0.4 is 42.6 Å². The zero-order valence-electron chi connectivity index (χ0n) is 74.7. The van der Waals surface area contributed by atoms with Crippen LogP contribution in [0.1, 0.15) is 212 Å². The highest BCUT2D eigenvalue weighted by Gasteiger charge is 2.50. The minimum Gasteiger partial charge on any atom is -0.493 e. The van der Waals surface area contributed by atoms with E-state index in [1.165, 1.54) is 0 Å². The van der Waals surface area contributed by atoms with E-state index in [0.29, 0.717) is 156 Å². The molecule has 3 aromatic carbocycles. The van der Waals surface area contributed by atoms with Crippen molar-refractivity contribution in [3.63, 3.8) is 0 Å². The monoisotopic (exact) mass is 1660 g/mol. The standard InChI is InChI=1S/C38H61N3O5Si2.C29H41N3O5Si.C23H27N3O5/c1-24(2)48(25(3)4,26(5)6)41-23-29(35(42)38(10)18-16-28(17-19-38)46-47(14,15)37(7,8)9)33-36(41)39-22-30(40-33)27-20-31(43-11)34(45-13)32(21-27)44-12;1-28(2,3)38(8,9)37-19-10-12-29(4,13-11-19)26(33)20-16-30-27-24(20)32-21(17-31-27)18-14-22(34-5)25(36-7)23(15-18)35-6;1-23(7-5-14(27)6-8-23)21(28)15-11-24-22-19(15)26-16(12-25-22)13-9-17(29-2)20(31-4)18(10-13)30-3/h20-26,28H,16-19H2,1-15H3;14-17,19H,10-13H2,1-9H3,(H,30,31);9-12,14,27H,5-8H2,1-4H3,(H,24,25). The Morgan fingerprint density at radius 2 is 0.718 bits per heavy atom. The van der Waals surface area contributed by atoms with Crippen LogP contribution in [0, 0.1) is 16.2 Å². The SMILES string of the molecule is COc1cc(-c2cnc3[nH]cc(C(=O)C4(C)CCC(O)CC4)c3n2)cc(OC)c1OC.COc1cc(-c2cnc3[nH]cc(C(=O)C4(C)CCC(O[Si](C)(C)C(C)(C)C)CC4)c3n2)cc(OC)c1OC.COc1cc(-c2cnc3c(n2)c(C(=O)C2(C)CCC(O[Si](C)(C)C(C)(C)C)CC2)cn3[Si](C(C)C)(C(C)C)C(C)C)cc(OC)c1OC. The number of Topliss-reactive ketones (excluding diaryl/α,β-unsaturated/α-hetero) is 3. The number of nitrogens with zero attached hydrogens (tertiary/aromatic N) is 7. The molecule has 3 fully saturated rings. The molecule has 0 unspecified atom stereocenters. The molecule has 0 bridgehead atoms. The molecule has 6 aromatic heterocycles. The average Bonchev–Trinajstić information content (AvgIpc) is 1.58. The van der Waals surface area contributed by atoms with Crippen molar-refractivity contribution >= 4 is 75.7 Å². The van der Waals surface area contributed by atoms with Gasteiger partial charge in [0.25, 0.3) is 0 Å². The van der Waals surface area contributed by atoms with Gasteiger partial charge in [0.05, 0.1) is 122 Å². The van der Waals surface area contributed by atoms with Crippen LogP contribution in [0.5, 0.6) is 51.7 Å². The van der Waals surface area contributed by atoms with Crippen LogP contribution in [0.2, 0.25) is 52.9 Å². The molecule has 24 nitrogen and oxygen atoms in total. The third-order valence-electron chi connectivity index (χ3n) is 26.4. The van der Waals surface area contributed by atoms with Crippen LogP contribution in [-0.4, -0.2) is 174 Å². The van der Waals surface area contributed by atoms with E-state index >= 15 is 0 Å². The molecule has 3 aliphatic rings. The van der Waals surface area contributed by atoms with Gasteiger partial charge in [-0.3, -0.25) is 14.4 Å². The molecule has 12 rings (SSSR count). The first kappa shape index (κ1) is 90.6. The number of aromatic amines is 2. The zero-order valence-corrected chi connectivity index (χ0v) is 77.7. The van der Waals surface area contributed by atoms with Crippen molar-refractivity contribution in [2.24, 2.45) is 16.2 Å². The van der Waals surface area contributed by atoms with Gasteiger partial charge in [-0.1, -0.05) is 104 Å². The number of benzene rings is 3. The highest BCUT2D eigenvalue weighted by molar-refractivity contribution is 6.82. The minimum absolute atomic E-state index is 0.0296. The smallest absolute Gasteiger partial charge is 0.203 e. The summed E-state index contributed by atoms with van der Waals surface area (Å²) in [6.07, 6.45) is 20.1. The van der Waals surface area contributed by atoms with E-state index in [9.17, 15) is 19.5 Å². The number of aliphatic hydroxyl groups is 1. The van der Waals surface area contributed by atoms with Gasteiger partial charge in [-0.05, 0) is 166 Å². The van der Waals surface area contributed by atoms with Crippen LogP contribution in [0.25, 0.3) is 67.3 Å². The number of hydrogen-bond acceptors (Lipinski definition) is 21. The fraction of sp³-hybridized carbons (Fsp3) is 0.567. The fourth-order valence-electron chi connectivity index (χ4n) is 17.3. The highest BCUT2D eigenvalue weighted by atomic mass is 28.4. The number of carbonyl (C=O) groups excluding carboxylic acids is 3. The predicted molar refractivity (Wildman–Crippen MR) is 470 cm³/mol. The van der Waals surface area contributed by atoms with Crippen LogP contribution in [0.3, 0.4) is 0 Å². The Morgan fingerprint density at radius 3 is 1.00 bits per heavy atom. The van der Waals surface area contributed by atoms with Gasteiger partial charge >= 0.3 is 0 Å². The zero-order chi connectivity index (χ0) is 86.0. The Balaban J connectivity index is 0.000000189. The second kappa shape index (κ2) is 35.7. The number of H-pyrrole nitrogens is 2. The van der Waals surface area contributed by atoms with E-state index in [1.807, 2.05) is 37.4 Å².